The molecule has 0 radical (unpaired) electrons. The number of hydrogen-bond acceptors (Lipinski definition) is 2. The van der Waals surface area contributed by atoms with E-state index in [1.165, 1.54) is 38.5 Å². The summed E-state index contributed by atoms with van der Waals surface area (Å²) in [5.74, 6) is 1.20. The minimum atomic E-state index is 0.252. The molecule has 0 aromatic carbocycles. The van der Waals surface area contributed by atoms with E-state index in [9.17, 15) is 4.79 Å². The molecule has 0 unspecified atom stereocenters. The van der Waals surface area contributed by atoms with E-state index >= 15 is 0 Å². The van der Waals surface area contributed by atoms with Gasteiger partial charge >= 0.3 is 0 Å². The molecule has 3 heteroatoms. The Kier molecular flexibility index (Phi) is 4.01. The predicted molar refractivity (Wildman–Crippen MR) is 78.9 cm³/mol. The largest absolute Gasteiger partial charge is 0.343 e. The second-order valence-electron chi connectivity index (χ2n) is 7.23. The molecule has 0 aromatic heterocycles. The number of hydrogen-bond donors (Lipinski definition) is 1. The number of carbonyl (C=O) groups is 1. The molecule has 0 aromatic rings. The Morgan fingerprint density at radius 3 is 2.22 bits per heavy atom. The van der Waals surface area contributed by atoms with Crippen LogP contribution in [0.2, 0.25) is 0 Å². The lowest BCUT2D eigenvalue weighted by Gasteiger charge is -2.39. The first kappa shape index (κ1) is 14.2. The molecule has 0 saturated heterocycles. The molecule has 2 aliphatic carbocycles. The topological polar surface area (TPSA) is 20.3 Å². The maximum absolute atomic E-state index is 12.3. The van der Waals surface area contributed by atoms with Crippen LogP contribution in [-0.4, -0.2) is 29.6 Å². The number of amides is 1. The molecule has 0 heterocycles. The standard InChI is InChI=1S/C15H27NOS/c1-14(2)6-4-12(5-7-14)16(3)13(17)10-15(11-18)8-9-15/h12,18H,4-11H2,1-3H3. The molecule has 1 amide bonds. The summed E-state index contributed by atoms with van der Waals surface area (Å²) in [5.41, 5.74) is 0.728. The van der Waals surface area contributed by atoms with Gasteiger partial charge in [0.2, 0.25) is 5.91 Å². The summed E-state index contributed by atoms with van der Waals surface area (Å²) in [7, 11) is 2.00. The average molecular weight is 269 g/mol. The minimum Gasteiger partial charge on any atom is -0.343 e. The third-order valence-electron chi connectivity index (χ3n) is 5.07. The van der Waals surface area contributed by atoms with Gasteiger partial charge in [-0.3, -0.25) is 4.79 Å². The Balaban J connectivity index is 1.84. The van der Waals surface area contributed by atoms with Gasteiger partial charge in [0.05, 0.1) is 0 Å². The number of thiol groups is 1. The normalized spacial score (nSPS) is 25.8. The van der Waals surface area contributed by atoms with Crippen LogP contribution >= 0.6 is 12.6 Å². The summed E-state index contributed by atoms with van der Waals surface area (Å²) in [6.07, 6.45) is 7.92. The molecule has 2 rings (SSSR count). The van der Waals surface area contributed by atoms with E-state index in [-0.39, 0.29) is 5.41 Å². The fourth-order valence-corrected chi connectivity index (χ4v) is 3.42. The van der Waals surface area contributed by atoms with Gasteiger partial charge in [0.1, 0.15) is 0 Å². The van der Waals surface area contributed by atoms with Gasteiger partial charge in [-0.25, -0.2) is 0 Å². The minimum absolute atomic E-state index is 0.252. The van der Waals surface area contributed by atoms with Gasteiger partial charge in [-0.2, -0.15) is 12.6 Å². The van der Waals surface area contributed by atoms with Crippen molar-refractivity contribution in [3.63, 3.8) is 0 Å². The van der Waals surface area contributed by atoms with E-state index in [0.717, 1.165) is 5.75 Å². The van der Waals surface area contributed by atoms with Crippen LogP contribution in [0.4, 0.5) is 0 Å². The highest BCUT2D eigenvalue weighted by molar-refractivity contribution is 7.80. The van der Waals surface area contributed by atoms with E-state index in [1.807, 2.05) is 11.9 Å². The maximum atomic E-state index is 12.3. The Morgan fingerprint density at radius 1 is 1.22 bits per heavy atom. The summed E-state index contributed by atoms with van der Waals surface area (Å²) in [6.45, 7) is 4.68. The summed E-state index contributed by atoms with van der Waals surface area (Å²) >= 11 is 4.39. The zero-order valence-corrected chi connectivity index (χ0v) is 12.9. The Labute approximate surface area is 117 Å². The molecular formula is C15H27NOS. The van der Waals surface area contributed by atoms with Gasteiger partial charge in [-0.1, -0.05) is 13.8 Å². The lowest BCUT2D eigenvalue weighted by Crippen LogP contribution is -2.41. The van der Waals surface area contributed by atoms with Crippen LogP contribution in [0.15, 0.2) is 0 Å². The zero-order valence-electron chi connectivity index (χ0n) is 12.0. The lowest BCUT2D eigenvalue weighted by molar-refractivity contribution is -0.134. The van der Waals surface area contributed by atoms with Crippen molar-refractivity contribution in [2.75, 3.05) is 12.8 Å². The zero-order chi connectivity index (χ0) is 13.4. The molecule has 0 N–H and O–H groups in total. The molecule has 0 spiro atoms. The molecule has 2 aliphatic rings. The van der Waals surface area contributed by atoms with Crippen molar-refractivity contribution in [1.82, 2.24) is 4.90 Å². The maximum Gasteiger partial charge on any atom is 0.223 e. The third-order valence-corrected chi connectivity index (χ3v) is 5.74. The molecule has 2 fully saturated rings. The molecular weight excluding hydrogens is 242 g/mol. The summed E-state index contributed by atoms with van der Waals surface area (Å²) in [5, 5.41) is 0. The number of carbonyl (C=O) groups excluding carboxylic acids is 1. The Morgan fingerprint density at radius 2 is 1.78 bits per heavy atom. The molecule has 2 nitrogen and oxygen atoms in total. The first-order valence-corrected chi connectivity index (χ1v) is 7.87. The lowest BCUT2D eigenvalue weighted by atomic mass is 9.75. The van der Waals surface area contributed by atoms with Crippen molar-refractivity contribution in [3.05, 3.63) is 0 Å². The van der Waals surface area contributed by atoms with Gasteiger partial charge in [0.15, 0.2) is 0 Å². The van der Waals surface area contributed by atoms with Crippen molar-refractivity contribution >= 4 is 18.5 Å². The average Bonchev–Trinajstić information content (AvgIpc) is 3.08. The highest BCUT2D eigenvalue weighted by Crippen LogP contribution is 2.50. The molecule has 0 aliphatic heterocycles. The van der Waals surface area contributed by atoms with Gasteiger partial charge in [-0.05, 0) is 55.1 Å². The van der Waals surface area contributed by atoms with Gasteiger partial charge in [0, 0.05) is 19.5 Å². The third kappa shape index (κ3) is 3.23. The molecule has 0 bridgehead atoms. The monoisotopic (exact) mass is 269 g/mol. The van der Waals surface area contributed by atoms with Gasteiger partial charge in [-0.15, -0.1) is 0 Å². The number of nitrogens with zero attached hydrogens (tertiary/aromatic N) is 1. The van der Waals surface area contributed by atoms with Crippen LogP contribution in [0, 0.1) is 10.8 Å². The van der Waals surface area contributed by atoms with Crippen LogP contribution in [0.25, 0.3) is 0 Å². The smallest absolute Gasteiger partial charge is 0.223 e. The molecule has 0 atom stereocenters. The Hall–Kier alpha value is -0.180. The number of rotatable bonds is 4. The summed E-state index contributed by atoms with van der Waals surface area (Å²) in [4.78, 5) is 14.3. The predicted octanol–water partition coefficient (Wildman–Crippen LogP) is 3.51. The summed E-state index contributed by atoms with van der Waals surface area (Å²) in [6, 6.07) is 0.473. The molecule has 18 heavy (non-hydrogen) atoms. The second kappa shape index (κ2) is 5.07. The van der Waals surface area contributed by atoms with E-state index in [4.69, 9.17) is 0 Å². The van der Waals surface area contributed by atoms with Crippen LogP contribution in [-0.2, 0) is 4.79 Å². The van der Waals surface area contributed by atoms with E-state index < -0.39 is 0 Å². The van der Waals surface area contributed by atoms with Crippen LogP contribution in [0.1, 0.15) is 58.8 Å². The quantitative estimate of drug-likeness (QED) is 0.774. The van der Waals surface area contributed by atoms with Crippen LogP contribution in [0.3, 0.4) is 0 Å². The first-order chi connectivity index (χ1) is 8.37. The first-order valence-electron chi connectivity index (χ1n) is 7.24. The van der Waals surface area contributed by atoms with Gasteiger partial charge in [0.25, 0.3) is 0 Å². The highest BCUT2D eigenvalue weighted by Gasteiger charge is 2.44. The Bertz CT molecular complexity index is 312. The fourth-order valence-electron chi connectivity index (χ4n) is 2.99. The summed E-state index contributed by atoms with van der Waals surface area (Å²) < 4.78 is 0. The van der Waals surface area contributed by atoms with Crippen LogP contribution < -0.4 is 0 Å². The van der Waals surface area contributed by atoms with E-state index in [1.54, 1.807) is 0 Å². The second-order valence-corrected chi connectivity index (χ2v) is 7.55. The van der Waals surface area contributed by atoms with Crippen molar-refractivity contribution in [3.8, 4) is 0 Å². The molecule has 2 saturated carbocycles. The molecule has 104 valence electrons. The van der Waals surface area contributed by atoms with E-state index in [0.29, 0.717) is 23.8 Å². The van der Waals surface area contributed by atoms with Crippen molar-refractivity contribution in [1.29, 1.82) is 0 Å². The van der Waals surface area contributed by atoms with E-state index in [2.05, 4.69) is 26.5 Å². The van der Waals surface area contributed by atoms with Crippen molar-refractivity contribution in [2.45, 2.75) is 64.8 Å². The SMILES string of the molecule is CN(C(=O)CC1(CS)CC1)C1CCC(C)(C)CC1. The van der Waals surface area contributed by atoms with Gasteiger partial charge < -0.3 is 4.90 Å². The van der Waals surface area contributed by atoms with Crippen molar-refractivity contribution < 1.29 is 4.79 Å². The highest BCUT2D eigenvalue weighted by atomic mass is 32.1. The fraction of sp³-hybridized carbons (Fsp3) is 0.933. The van der Waals surface area contributed by atoms with Crippen molar-refractivity contribution in [2.24, 2.45) is 10.8 Å². The van der Waals surface area contributed by atoms with Crippen LogP contribution in [0.5, 0.6) is 0 Å².